The van der Waals surface area contributed by atoms with Crippen LogP contribution in [0.2, 0.25) is 0 Å². The predicted molar refractivity (Wildman–Crippen MR) is 86.0 cm³/mol. The highest BCUT2D eigenvalue weighted by Crippen LogP contribution is 2.23. The minimum absolute atomic E-state index is 0.181. The molecular formula is C16H18N2O3S. The van der Waals surface area contributed by atoms with Crippen molar-refractivity contribution in [3.63, 3.8) is 0 Å². The van der Waals surface area contributed by atoms with E-state index in [1.807, 2.05) is 30.3 Å². The van der Waals surface area contributed by atoms with E-state index in [-0.39, 0.29) is 12.3 Å². The van der Waals surface area contributed by atoms with Gasteiger partial charge in [-0.05, 0) is 12.8 Å². The number of benzene rings is 1. The maximum absolute atomic E-state index is 12.0. The molecule has 22 heavy (non-hydrogen) atoms. The number of carboxylic acid groups (broad SMARTS) is 1. The first-order chi connectivity index (χ1) is 10.7. The number of nitrogens with one attached hydrogen (secondary N) is 1. The van der Waals surface area contributed by atoms with E-state index in [0.29, 0.717) is 18.7 Å². The van der Waals surface area contributed by atoms with E-state index in [2.05, 4.69) is 10.3 Å². The van der Waals surface area contributed by atoms with Crippen molar-refractivity contribution in [1.82, 2.24) is 10.3 Å². The van der Waals surface area contributed by atoms with Crippen LogP contribution in [0, 0.1) is 0 Å². The number of carbonyl (C=O) groups excluding carboxylic acids is 1. The van der Waals surface area contributed by atoms with Crippen molar-refractivity contribution in [2.45, 2.75) is 25.7 Å². The van der Waals surface area contributed by atoms with Crippen LogP contribution in [-0.2, 0) is 4.79 Å². The van der Waals surface area contributed by atoms with Crippen LogP contribution >= 0.6 is 11.3 Å². The summed E-state index contributed by atoms with van der Waals surface area (Å²) in [5, 5.41) is 13.9. The molecule has 116 valence electrons. The Balaban J connectivity index is 1.77. The summed E-state index contributed by atoms with van der Waals surface area (Å²) >= 11 is 1.44. The minimum Gasteiger partial charge on any atom is -0.481 e. The molecule has 0 saturated heterocycles. The van der Waals surface area contributed by atoms with Gasteiger partial charge in [0.15, 0.2) is 0 Å². The Kier molecular flexibility index (Phi) is 6.09. The second-order valence-corrected chi connectivity index (χ2v) is 5.72. The number of nitrogens with zero attached hydrogens (tertiary/aromatic N) is 1. The monoisotopic (exact) mass is 318 g/mol. The highest BCUT2D eigenvalue weighted by atomic mass is 32.1. The first kappa shape index (κ1) is 16.2. The third-order valence-corrected chi connectivity index (χ3v) is 4.00. The zero-order valence-corrected chi connectivity index (χ0v) is 12.9. The molecule has 1 aromatic carbocycles. The molecule has 5 nitrogen and oxygen atoms in total. The summed E-state index contributed by atoms with van der Waals surface area (Å²) in [6.07, 6.45) is 2.38. The molecule has 0 aliphatic rings. The molecule has 1 amide bonds. The minimum atomic E-state index is -0.778. The fourth-order valence-corrected chi connectivity index (χ4v) is 2.77. The van der Waals surface area contributed by atoms with Gasteiger partial charge in [0.2, 0.25) is 0 Å². The quantitative estimate of drug-likeness (QED) is 0.733. The summed E-state index contributed by atoms with van der Waals surface area (Å²) in [7, 11) is 0. The van der Waals surface area contributed by atoms with E-state index in [1.54, 1.807) is 5.38 Å². The van der Waals surface area contributed by atoms with E-state index in [0.717, 1.165) is 23.4 Å². The van der Waals surface area contributed by atoms with Gasteiger partial charge in [-0.25, -0.2) is 4.98 Å². The van der Waals surface area contributed by atoms with Crippen molar-refractivity contribution in [1.29, 1.82) is 0 Å². The topological polar surface area (TPSA) is 79.3 Å². The van der Waals surface area contributed by atoms with E-state index < -0.39 is 5.97 Å². The number of hydrogen-bond donors (Lipinski definition) is 2. The second kappa shape index (κ2) is 8.29. The average molecular weight is 318 g/mol. The third-order valence-electron chi connectivity index (χ3n) is 3.11. The number of carbonyl (C=O) groups is 2. The number of rotatable bonds is 8. The molecule has 0 aliphatic carbocycles. The molecule has 1 heterocycles. The Bertz CT molecular complexity index is 625. The molecule has 2 N–H and O–H groups in total. The van der Waals surface area contributed by atoms with Gasteiger partial charge >= 0.3 is 5.97 Å². The van der Waals surface area contributed by atoms with E-state index in [4.69, 9.17) is 5.11 Å². The van der Waals surface area contributed by atoms with Gasteiger partial charge in [0, 0.05) is 23.9 Å². The van der Waals surface area contributed by atoms with Crippen molar-refractivity contribution in [3.8, 4) is 10.6 Å². The fourth-order valence-electron chi connectivity index (χ4n) is 1.96. The molecule has 0 aliphatic heterocycles. The molecule has 0 atom stereocenters. The van der Waals surface area contributed by atoms with Crippen LogP contribution < -0.4 is 5.32 Å². The lowest BCUT2D eigenvalue weighted by molar-refractivity contribution is -0.137. The number of aliphatic carboxylic acids is 1. The van der Waals surface area contributed by atoms with Crippen molar-refractivity contribution < 1.29 is 14.7 Å². The number of thiazole rings is 1. The lowest BCUT2D eigenvalue weighted by atomic mass is 10.2. The van der Waals surface area contributed by atoms with Gasteiger partial charge in [-0.15, -0.1) is 11.3 Å². The van der Waals surface area contributed by atoms with Crippen LogP contribution in [-0.4, -0.2) is 28.5 Å². The number of unbranched alkanes of at least 4 members (excludes halogenated alkanes) is 2. The molecular weight excluding hydrogens is 300 g/mol. The largest absolute Gasteiger partial charge is 0.481 e. The normalized spacial score (nSPS) is 10.4. The lowest BCUT2D eigenvalue weighted by Crippen LogP contribution is -2.24. The first-order valence-corrected chi connectivity index (χ1v) is 8.06. The van der Waals surface area contributed by atoms with E-state index in [9.17, 15) is 9.59 Å². The zero-order chi connectivity index (χ0) is 15.8. The smallest absolute Gasteiger partial charge is 0.303 e. The Hall–Kier alpha value is -2.21. The summed E-state index contributed by atoms with van der Waals surface area (Å²) in [5.41, 5.74) is 1.43. The van der Waals surface area contributed by atoms with Gasteiger partial charge in [0.1, 0.15) is 10.7 Å². The van der Waals surface area contributed by atoms with Crippen molar-refractivity contribution >= 4 is 23.2 Å². The molecule has 0 bridgehead atoms. The SMILES string of the molecule is O=C(O)CCCCCNC(=O)c1csc(-c2ccccc2)n1. The van der Waals surface area contributed by atoms with Crippen LogP contribution in [0.4, 0.5) is 0 Å². The van der Waals surface area contributed by atoms with Crippen LogP contribution in [0.15, 0.2) is 35.7 Å². The molecule has 0 unspecified atom stereocenters. The van der Waals surface area contributed by atoms with Gasteiger partial charge < -0.3 is 10.4 Å². The standard InChI is InChI=1S/C16H18N2O3S/c19-14(20)9-5-2-6-10-17-15(21)13-11-22-16(18-13)12-7-3-1-4-8-12/h1,3-4,7-8,11H,2,5-6,9-10H2,(H,17,21)(H,19,20). The van der Waals surface area contributed by atoms with Gasteiger partial charge in [-0.1, -0.05) is 36.8 Å². The highest BCUT2D eigenvalue weighted by molar-refractivity contribution is 7.13. The average Bonchev–Trinajstić information content (AvgIpc) is 3.01. The van der Waals surface area contributed by atoms with Gasteiger partial charge in [0.25, 0.3) is 5.91 Å². The fraction of sp³-hybridized carbons (Fsp3) is 0.312. The lowest BCUT2D eigenvalue weighted by Gasteiger charge is -2.02. The molecule has 2 aromatic rings. The highest BCUT2D eigenvalue weighted by Gasteiger charge is 2.11. The zero-order valence-electron chi connectivity index (χ0n) is 12.1. The van der Waals surface area contributed by atoms with Gasteiger partial charge in [-0.2, -0.15) is 0 Å². The third kappa shape index (κ3) is 4.96. The van der Waals surface area contributed by atoms with Crippen LogP contribution in [0.25, 0.3) is 10.6 Å². The Labute approximate surface area is 133 Å². The number of carboxylic acids is 1. The first-order valence-electron chi connectivity index (χ1n) is 7.18. The number of amides is 1. The van der Waals surface area contributed by atoms with Gasteiger partial charge in [-0.3, -0.25) is 9.59 Å². The molecule has 1 aromatic heterocycles. The second-order valence-electron chi connectivity index (χ2n) is 4.86. The summed E-state index contributed by atoms with van der Waals surface area (Å²) in [6, 6.07) is 9.74. The Morgan fingerprint density at radius 2 is 1.91 bits per heavy atom. The molecule has 0 fully saturated rings. The summed E-state index contributed by atoms with van der Waals surface area (Å²) in [4.78, 5) is 26.7. The van der Waals surface area contributed by atoms with E-state index in [1.165, 1.54) is 11.3 Å². The van der Waals surface area contributed by atoms with Crippen LogP contribution in [0.5, 0.6) is 0 Å². The molecule has 0 saturated carbocycles. The predicted octanol–water partition coefficient (Wildman–Crippen LogP) is 3.18. The summed E-state index contributed by atoms with van der Waals surface area (Å²) in [5.74, 6) is -0.961. The van der Waals surface area contributed by atoms with Crippen molar-refractivity contribution in [2.24, 2.45) is 0 Å². The molecule has 2 rings (SSSR count). The maximum atomic E-state index is 12.0. The van der Waals surface area contributed by atoms with E-state index >= 15 is 0 Å². The number of hydrogen-bond acceptors (Lipinski definition) is 4. The Morgan fingerprint density at radius 1 is 1.14 bits per heavy atom. The van der Waals surface area contributed by atoms with Crippen LogP contribution in [0.1, 0.15) is 36.2 Å². The van der Waals surface area contributed by atoms with Gasteiger partial charge in [0.05, 0.1) is 0 Å². The molecule has 0 radical (unpaired) electrons. The number of aromatic nitrogens is 1. The molecule has 6 heteroatoms. The van der Waals surface area contributed by atoms with Crippen molar-refractivity contribution in [3.05, 3.63) is 41.4 Å². The summed E-state index contributed by atoms with van der Waals surface area (Å²) in [6.45, 7) is 0.538. The van der Waals surface area contributed by atoms with Crippen LogP contribution in [0.3, 0.4) is 0 Å². The Morgan fingerprint density at radius 3 is 2.64 bits per heavy atom. The maximum Gasteiger partial charge on any atom is 0.303 e. The summed E-state index contributed by atoms with van der Waals surface area (Å²) < 4.78 is 0. The molecule has 0 spiro atoms. The van der Waals surface area contributed by atoms with Crippen molar-refractivity contribution in [2.75, 3.05) is 6.54 Å².